The molecule has 0 aromatic heterocycles. The van der Waals surface area contributed by atoms with Gasteiger partial charge in [0.1, 0.15) is 11.6 Å². The Hall–Kier alpha value is -1.70. The lowest BCUT2D eigenvalue weighted by Crippen LogP contribution is -2.64. The number of ether oxygens (including phenoxy) is 1. The van der Waals surface area contributed by atoms with E-state index >= 15 is 0 Å². The first-order valence-corrected chi connectivity index (χ1v) is 13.6. The maximum atomic E-state index is 13.8. The third-order valence-electron chi connectivity index (χ3n) is 7.28. The van der Waals surface area contributed by atoms with Gasteiger partial charge in [0.2, 0.25) is 5.91 Å². The van der Waals surface area contributed by atoms with Gasteiger partial charge in [0.05, 0.1) is 10.0 Å². The summed E-state index contributed by atoms with van der Waals surface area (Å²) in [7, 11) is 0. The van der Waals surface area contributed by atoms with Crippen LogP contribution in [0.3, 0.4) is 0 Å². The van der Waals surface area contributed by atoms with Crippen molar-refractivity contribution < 1.29 is 14.3 Å². The van der Waals surface area contributed by atoms with Gasteiger partial charge in [0.15, 0.2) is 0 Å². The van der Waals surface area contributed by atoms with Crippen molar-refractivity contribution in [2.45, 2.75) is 70.6 Å². The van der Waals surface area contributed by atoms with E-state index in [0.29, 0.717) is 55.4 Å². The highest BCUT2D eigenvalue weighted by Crippen LogP contribution is 2.29. The van der Waals surface area contributed by atoms with Crippen LogP contribution in [0.2, 0.25) is 10.0 Å². The third-order valence-corrected chi connectivity index (χ3v) is 8.01. The van der Waals surface area contributed by atoms with Crippen LogP contribution in [0.5, 0.6) is 0 Å². The van der Waals surface area contributed by atoms with E-state index in [1.807, 2.05) is 37.8 Å². The van der Waals surface area contributed by atoms with E-state index in [0.717, 1.165) is 12.2 Å². The van der Waals surface area contributed by atoms with Gasteiger partial charge in [-0.3, -0.25) is 14.6 Å². The molecule has 1 aromatic carbocycles. The topological polar surface area (TPSA) is 56.3 Å². The number of amides is 2. The molecule has 3 aliphatic rings. The van der Waals surface area contributed by atoms with Crippen LogP contribution in [-0.4, -0.2) is 90.2 Å². The molecule has 1 aliphatic carbocycles. The quantitative estimate of drug-likeness (QED) is 0.562. The summed E-state index contributed by atoms with van der Waals surface area (Å²) < 4.78 is 5.69. The first kappa shape index (κ1) is 26.4. The Kier molecular flexibility index (Phi) is 8.39. The Bertz CT molecular complexity index is 908. The maximum absolute atomic E-state index is 13.8. The summed E-state index contributed by atoms with van der Waals surface area (Å²) in [6.45, 7) is 10.1. The van der Waals surface area contributed by atoms with Crippen LogP contribution in [-0.2, 0) is 9.53 Å². The zero-order valence-corrected chi connectivity index (χ0v) is 22.7. The fraction of sp³-hybridized carbons (Fsp3) is 0.692. The molecule has 0 spiro atoms. The fourth-order valence-corrected chi connectivity index (χ4v) is 5.70. The molecule has 0 bridgehead atoms. The summed E-state index contributed by atoms with van der Waals surface area (Å²) in [4.78, 5) is 35.1. The number of piperazine rings is 2. The molecular weight excluding hydrogens is 487 g/mol. The van der Waals surface area contributed by atoms with Gasteiger partial charge in [0.25, 0.3) is 0 Å². The average molecular weight is 526 g/mol. The molecule has 1 aromatic rings. The molecule has 0 N–H and O–H groups in total. The van der Waals surface area contributed by atoms with Gasteiger partial charge in [-0.25, -0.2) is 4.79 Å². The highest BCUT2D eigenvalue weighted by molar-refractivity contribution is 6.42. The van der Waals surface area contributed by atoms with Crippen LogP contribution >= 0.6 is 23.2 Å². The van der Waals surface area contributed by atoms with Crippen LogP contribution < -0.4 is 4.90 Å². The molecule has 2 heterocycles. The third kappa shape index (κ3) is 6.55. The van der Waals surface area contributed by atoms with Gasteiger partial charge in [-0.05, 0) is 51.8 Å². The van der Waals surface area contributed by atoms with Crippen molar-refractivity contribution >= 4 is 40.9 Å². The number of hydrogen-bond acceptors (Lipinski definition) is 5. The lowest BCUT2D eigenvalue weighted by Gasteiger charge is -2.46. The maximum Gasteiger partial charge on any atom is 0.411 e. The predicted octanol–water partition coefficient (Wildman–Crippen LogP) is 4.90. The monoisotopic (exact) mass is 524 g/mol. The molecule has 1 atom stereocenters. The molecule has 0 radical (unpaired) electrons. The minimum Gasteiger partial charge on any atom is -0.444 e. The normalized spacial score (nSPS) is 22.9. The number of benzene rings is 1. The Morgan fingerprint density at radius 1 is 0.914 bits per heavy atom. The zero-order valence-electron chi connectivity index (χ0n) is 21.1. The number of hydrogen-bond donors (Lipinski definition) is 0. The van der Waals surface area contributed by atoms with E-state index in [1.54, 1.807) is 11.0 Å². The van der Waals surface area contributed by atoms with Gasteiger partial charge >= 0.3 is 6.09 Å². The number of anilines is 1. The van der Waals surface area contributed by atoms with E-state index in [4.69, 9.17) is 27.9 Å². The number of rotatable bonds is 3. The summed E-state index contributed by atoms with van der Waals surface area (Å²) >= 11 is 12.3. The standard InChI is InChI=1S/C26H38Cl2N4O3/c1-26(2,3)35-25(34)32-16-15-31(19-7-5-4-6-8-19)18-23(32)24(33)30-13-11-29(12-14-30)20-9-10-21(27)22(28)17-20/h9-10,17,19,23H,4-8,11-16,18H2,1-3H3/t23-/m1/s1. The molecule has 1 saturated carbocycles. The van der Waals surface area contributed by atoms with Crippen molar-refractivity contribution in [2.75, 3.05) is 50.7 Å². The number of halogens is 2. The first-order chi connectivity index (χ1) is 16.6. The minimum absolute atomic E-state index is 0.0187. The van der Waals surface area contributed by atoms with Crippen molar-refractivity contribution in [1.82, 2.24) is 14.7 Å². The van der Waals surface area contributed by atoms with Crippen molar-refractivity contribution in [2.24, 2.45) is 0 Å². The number of carbonyl (C=O) groups excluding carboxylic acids is 2. The Labute approximate surface area is 219 Å². The van der Waals surface area contributed by atoms with E-state index in [-0.39, 0.29) is 5.91 Å². The molecule has 35 heavy (non-hydrogen) atoms. The molecule has 194 valence electrons. The molecule has 9 heteroatoms. The average Bonchev–Trinajstić information content (AvgIpc) is 2.84. The summed E-state index contributed by atoms with van der Waals surface area (Å²) in [5.74, 6) is 0.0187. The zero-order chi connectivity index (χ0) is 25.2. The summed E-state index contributed by atoms with van der Waals surface area (Å²) in [6.07, 6.45) is 5.73. The molecule has 2 amide bonds. The highest BCUT2D eigenvalue weighted by Gasteiger charge is 2.41. The van der Waals surface area contributed by atoms with Crippen LogP contribution in [0.15, 0.2) is 18.2 Å². The largest absolute Gasteiger partial charge is 0.444 e. The second kappa shape index (κ2) is 11.1. The Balaban J connectivity index is 1.45. The summed E-state index contributed by atoms with van der Waals surface area (Å²) in [5, 5.41) is 1.06. The lowest BCUT2D eigenvalue weighted by molar-refractivity contribution is -0.140. The van der Waals surface area contributed by atoms with Crippen molar-refractivity contribution in [3.63, 3.8) is 0 Å². The molecule has 2 aliphatic heterocycles. The summed E-state index contributed by atoms with van der Waals surface area (Å²) in [6, 6.07) is 5.62. The van der Waals surface area contributed by atoms with E-state index in [2.05, 4.69) is 9.80 Å². The van der Waals surface area contributed by atoms with Crippen LogP contribution in [0.4, 0.5) is 10.5 Å². The Morgan fingerprint density at radius 2 is 1.60 bits per heavy atom. The second-order valence-electron chi connectivity index (χ2n) is 10.9. The number of nitrogens with zero attached hydrogens (tertiary/aromatic N) is 4. The number of carbonyl (C=O) groups is 2. The first-order valence-electron chi connectivity index (χ1n) is 12.8. The van der Waals surface area contributed by atoms with E-state index in [9.17, 15) is 9.59 Å². The second-order valence-corrected chi connectivity index (χ2v) is 11.7. The van der Waals surface area contributed by atoms with Gasteiger partial charge in [-0.2, -0.15) is 0 Å². The SMILES string of the molecule is CC(C)(C)OC(=O)N1CCN(C2CCCCC2)C[C@@H]1C(=O)N1CCN(c2ccc(Cl)c(Cl)c2)CC1. The van der Waals surface area contributed by atoms with Gasteiger partial charge < -0.3 is 14.5 Å². The molecule has 7 nitrogen and oxygen atoms in total. The van der Waals surface area contributed by atoms with Crippen LogP contribution in [0, 0.1) is 0 Å². The van der Waals surface area contributed by atoms with E-state index < -0.39 is 17.7 Å². The molecule has 0 unspecified atom stereocenters. The molecule has 2 saturated heterocycles. The van der Waals surface area contributed by atoms with Crippen molar-refractivity contribution in [3.8, 4) is 0 Å². The van der Waals surface area contributed by atoms with E-state index in [1.165, 1.54) is 32.1 Å². The van der Waals surface area contributed by atoms with Crippen molar-refractivity contribution in [3.05, 3.63) is 28.2 Å². The lowest BCUT2D eigenvalue weighted by atomic mass is 9.93. The minimum atomic E-state index is -0.601. The molecular formula is C26H38Cl2N4O3. The van der Waals surface area contributed by atoms with Gasteiger partial charge in [-0.1, -0.05) is 42.5 Å². The van der Waals surface area contributed by atoms with Crippen LogP contribution in [0.1, 0.15) is 52.9 Å². The van der Waals surface area contributed by atoms with Crippen molar-refractivity contribution in [1.29, 1.82) is 0 Å². The van der Waals surface area contributed by atoms with Crippen LogP contribution in [0.25, 0.3) is 0 Å². The highest BCUT2D eigenvalue weighted by atomic mass is 35.5. The van der Waals surface area contributed by atoms with Gasteiger partial charge in [-0.15, -0.1) is 0 Å². The molecule has 4 rings (SSSR count). The summed E-state index contributed by atoms with van der Waals surface area (Å²) in [5.41, 5.74) is 0.402. The smallest absolute Gasteiger partial charge is 0.411 e. The predicted molar refractivity (Wildman–Crippen MR) is 140 cm³/mol. The molecule has 3 fully saturated rings. The Morgan fingerprint density at radius 3 is 2.23 bits per heavy atom. The van der Waals surface area contributed by atoms with Gasteiger partial charge in [0, 0.05) is 57.5 Å². The fourth-order valence-electron chi connectivity index (χ4n) is 5.41.